The fraction of sp³-hybridized carbons (Fsp3) is 0.429. The second kappa shape index (κ2) is 8.76. The molecule has 2 aromatic rings. The van der Waals surface area contributed by atoms with Gasteiger partial charge in [-0.3, -0.25) is 0 Å². The summed E-state index contributed by atoms with van der Waals surface area (Å²) in [5.41, 5.74) is 3.19. The van der Waals surface area contributed by atoms with Crippen LogP contribution in [0.15, 0.2) is 47.4 Å². The van der Waals surface area contributed by atoms with Gasteiger partial charge in [0.2, 0.25) is 10.0 Å². The van der Waals surface area contributed by atoms with Gasteiger partial charge in [0.25, 0.3) is 0 Å². The Morgan fingerprint density at radius 1 is 1.04 bits per heavy atom. The zero-order valence-corrected chi connectivity index (χ0v) is 16.9. The number of aryl methyl sites for hydroxylation is 1. The lowest BCUT2D eigenvalue weighted by Gasteiger charge is -2.28. The van der Waals surface area contributed by atoms with E-state index in [-0.39, 0.29) is 4.90 Å². The minimum Gasteiger partial charge on any atom is -0.496 e. The van der Waals surface area contributed by atoms with Crippen molar-refractivity contribution in [3.05, 3.63) is 53.6 Å². The average molecular weight is 389 g/mol. The molecule has 0 bridgehead atoms. The van der Waals surface area contributed by atoms with Gasteiger partial charge in [-0.1, -0.05) is 12.1 Å². The molecule has 1 saturated heterocycles. The first-order valence-electron chi connectivity index (χ1n) is 9.48. The Bertz CT molecular complexity index is 857. The Hall–Kier alpha value is -2.05. The number of anilines is 1. The molecule has 0 amide bonds. The third kappa shape index (κ3) is 5.02. The van der Waals surface area contributed by atoms with E-state index < -0.39 is 10.0 Å². The second-order valence-electron chi connectivity index (χ2n) is 6.99. The van der Waals surface area contributed by atoms with Gasteiger partial charge in [-0.25, -0.2) is 13.1 Å². The highest BCUT2D eigenvalue weighted by molar-refractivity contribution is 7.89. The summed E-state index contributed by atoms with van der Waals surface area (Å²) in [6.07, 6.45) is 4.50. The number of hydrogen-bond acceptors (Lipinski definition) is 4. The molecule has 1 N–H and O–H groups in total. The third-order valence-electron chi connectivity index (χ3n) is 5.04. The summed E-state index contributed by atoms with van der Waals surface area (Å²) in [7, 11) is -1.94. The molecular formula is C21H28N2O3S. The van der Waals surface area contributed by atoms with Crippen LogP contribution in [0.4, 0.5) is 5.69 Å². The number of methoxy groups -OCH3 is 1. The van der Waals surface area contributed by atoms with E-state index in [9.17, 15) is 8.42 Å². The normalized spacial score (nSPS) is 15.0. The quantitative estimate of drug-likeness (QED) is 0.788. The Labute approximate surface area is 162 Å². The molecule has 2 aromatic carbocycles. The highest BCUT2D eigenvalue weighted by atomic mass is 32.2. The molecule has 6 heteroatoms. The van der Waals surface area contributed by atoms with Crippen LogP contribution in [-0.4, -0.2) is 35.2 Å². The second-order valence-corrected chi connectivity index (χ2v) is 8.76. The number of piperidine rings is 1. The molecule has 1 aliphatic rings. The van der Waals surface area contributed by atoms with Crippen LogP contribution >= 0.6 is 0 Å². The van der Waals surface area contributed by atoms with Gasteiger partial charge in [0.15, 0.2) is 0 Å². The number of nitrogens with one attached hydrogen (secondary N) is 1. The summed E-state index contributed by atoms with van der Waals surface area (Å²) >= 11 is 0. The summed E-state index contributed by atoms with van der Waals surface area (Å²) in [6, 6.07) is 13.4. The number of rotatable bonds is 7. The van der Waals surface area contributed by atoms with E-state index >= 15 is 0 Å². The van der Waals surface area contributed by atoms with Gasteiger partial charge in [0, 0.05) is 25.3 Å². The molecule has 0 aliphatic carbocycles. The minimum atomic E-state index is -3.52. The maximum absolute atomic E-state index is 12.5. The van der Waals surface area contributed by atoms with Gasteiger partial charge in [0.05, 0.1) is 12.0 Å². The van der Waals surface area contributed by atoms with Crippen LogP contribution in [0.1, 0.15) is 30.4 Å². The lowest BCUT2D eigenvalue weighted by Crippen LogP contribution is -2.29. The van der Waals surface area contributed by atoms with E-state index in [4.69, 9.17) is 4.74 Å². The van der Waals surface area contributed by atoms with Gasteiger partial charge in [-0.15, -0.1) is 0 Å². The standard InChI is InChI=1S/C21H28N2O3S/c1-17-16-20(10-11-21(17)26-2)27(24,25)22-13-12-18-6-8-19(9-7-18)23-14-4-3-5-15-23/h6-11,16,22H,3-5,12-15H2,1-2H3. The van der Waals surface area contributed by atoms with E-state index in [1.54, 1.807) is 25.3 Å². The van der Waals surface area contributed by atoms with Crippen molar-refractivity contribution in [2.45, 2.75) is 37.5 Å². The lowest BCUT2D eigenvalue weighted by molar-refractivity contribution is 0.411. The third-order valence-corrected chi connectivity index (χ3v) is 6.50. The number of benzene rings is 2. The molecule has 1 aliphatic heterocycles. The fourth-order valence-electron chi connectivity index (χ4n) is 3.46. The summed E-state index contributed by atoms with van der Waals surface area (Å²) in [6.45, 7) is 4.46. The maximum atomic E-state index is 12.5. The highest BCUT2D eigenvalue weighted by Gasteiger charge is 2.15. The molecule has 0 atom stereocenters. The predicted molar refractivity (Wildman–Crippen MR) is 109 cm³/mol. The predicted octanol–water partition coefficient (Wildman–Crippen LogP) is 3.51. The molecule has 5 nitrogen and oxygen atoms in total. The van der Waals surface area contributed by atoms with Gasteiger partial charge >= 0.3 is 0 Å². The van der Waals surface area contributed by atoms with Crippen LogP contribution < -0.4 is 14.4 Å². The number of sulfonamides is 1. The van der Waals surface area contributed by atoms with Gasteiger partial charge in [0.1, 0.15) is 5.75 Å². The van der Waals surface area contributed by atoms with E-state index in [1.165, 1.54) is 24.9 Å². The molecule has 0 unspecified atom stereocenters. The molecule has 0 spiro atoms. The summed E-state index contributed by atoms with van der Waals surface area (Å²) in [5, 5.41) is 0. The van der Waals surface area contributed by atoms with E-state index in [2.05, 4.69) is 33.9 Å². The molecular weight excluding hydrogens is 360 g/mol. The van der Waals surface area contributed by atoms with Gasteiger partial charge in [-0.05, 0) is 74.1 Å². The minimum absolute atomic E-state index is 0.265. The monoisotopic (exact) mass is 388 g/mol. The molecule has 0 saturated carbocycles. The van der Waals surface area contributed by atoms with Gasteiger partial charge in [-0.2, -0.15) is 0 Å². The summed E-state index contributed by atoms with van der Waals surface area (Å²) < 4.78 is 32.8. The van der Waals surface area contributed by atoms with Gasteiger partial charge < -0.3 is 9.64 Å². The smallest absolute Gasteiger partial charge is 0.240 e. The van der Waals surface area contributed by atoms with Crippen LogP contribution in [0.5, 0.6) is 5.75 Å². The number of nitrogens with zero attached hydrogens (tertiary/aromatic N) is 1. The van der Waals surface area contributed by atoms with Crippen molar-refractivity contribution in [2.75, 3.05) is 31.6 Å². The first-order valence-corrected chi connectivity index (χ1v) is 11.0. The van der Waals surface area contributed by atoms with Crippen molar-refractivity contribution in [1.29, 1.82) is 0 Å². The van der Waals surface area contributed by atoms with E-state index in [0.29, 0.717) is 18.7 Å². The Kier molecular flexibility index (Phi) is 6.39. The Morgan fingerprint density at radius 2 is 1.74 bits per heavy atom. The van der Waals surface area contributed by atoms with Crippen molar-refractivity contribution in [1.82, 2.24) is 4.72 Å². The highest BCUT2D eigenvalue weighted by Crippen LogP contribution is 2.22. The zero-order chi connectivity index (χ0) is 19.3. The summed E-state index contributed by atoms with van der Waals surface area (Å²) in [5.74, 6) is 0.683. The Balaban J connectivity index is 1.56. The van der Waals surface area contributed by atoms with Crippen LogP contribution in [0.25, 0.3) is 0 Å². The molecule has 1 fully saturated rings. The molecule has 0 aromatic heterocycles. The van der Waals surface area contributed by atoms with Crippen LogP contribution in [-0.2, 0) is 16.4 Å². The van der Waals surface area contributed by atoms with Crippen molar-refractivity contribution in [2.24, 2.45) is 0 Å². The SMILES string of the molecule is COc1ccc(S(=O)(=O)NCCc2ccc(N3CCCCC3)cc2)cc1C. The molecule has 1 heterocycles. The van der Waals surface area contributed by atoms with Crippen molar-refractivity contribution in [3.8, 4) is 5.75 Å². The van der Waals surface area contributed by atoms with Crippen molar-refractivity contribution >= 4 is 15.7 Å². The maximum Gasteiger partial charge on any atom is 0.240 e. The number of ether oxygens (including phenoxy) is 1. The molecule has 146 valence electrons. The van der Waals surface area contributed by atoms with Crippen LogP contribution in [0.3, 0.4) is 0 Å². The number of hydrogen-bond donors (Lipinski definition) is 1. The molecule has 3 rings (SSSR count). The zero-order valence-electron chi connectivity index (χ0n) is 16.1. The van der Waals surface area contributed by atoms with Crippen molar-refractivity contribution in [3.63, 3.8) is 0 Å². The van der Waals surface area contributed by atoms with Crippen LogP contribution in [0.2, 0.25) is 0 Å². The summed E-state index contributed by atoms with van der Waals surface area (Å²) in [4.78, 5) is 2.68. The topological polar surface area (TPSA) is 58.6 Å². The molecule has 0 radical (unpaired) electrons. The van der Waals surface area contributed by atoms with E-state index in [1.807, 2.05) is 6.92 Å². The Morgan fingerprint density at radius 3 is 2.37 bits per heavy atom. The van der Waals surface area contributed by atoms with Crippen LogP contribution in [0, 0.1) is 6.92 Å². The first kappa shape index (κ1) is 19.7. The molecule has 27 heavy (non-hydrogen) atoms. The largest absolute Gasteiger partial charge is 0.496 e. The fourth-order valence-corrected chi connectivity index (χ4v) is 4.57. The average Bonchev–Trinajstić information content (AvgIpc) is 2.69. The lowest BCUT2D eigenvalue weighted by atomic mass is 10.1. The van der Waals surface area contributed by atoms with Crippen molar-refractivity contribution < 1.29 is 13.2 Å². The van der Waals surface area contributed by atoms with E-state index in [0.717, 1.165) is 24.2 Å². The first-order chi connectivity index (χ1) is 13.0.